The van der Waals surface area contributed by atoms with Gasteiger partial charge in [-0.1, -0.05) is 35.8 Å². The van der Waals surface area contributed by atoms with E-state index in [0.717, 1.165) is 5.56 Å². The summed E-state index contributed by atoms with van der Waals surface area (Å²) in [6.07, 6.45) is 0.541. The first kappa shape index (κ1) is 18.0. The van der Waals surface area contributed by atoms with Gasteiger partial charge in [0.1, 0.15) is 11.3 Å². The minimum Gasteiger partial charge on any atom is -0.452 e. The SMILES string of the molecule is CCc1noc(C)c1C(=O)OCC(=O)N[C@@H](C)c1cccc(Cl)c1. The Morgan fingerprint density at radius 3 is 2.83 bits per heavy atom. The first-order valence-corrected chi connectivity index (χ1v) is 7.97. The van der Waals surface area contributed by atoms with Gasteiger partial charge in [-0.15, -0.1) is 0 Å². The number of halogens is 1. The minimum atomic E-state index is -0.615. The van der Waals surface area contributed by atoms with Gasteiger partial charge < -0.3 is 14.6 Å². The van der Waals surface area contributed by atoms with E-state index in [4.69, 9.17) is 20.9 Å². The van der Waals surface area contributed by atoms with Crippen molar-refractivity contribution in [2.75, 3.05) is 6.61 Å². The van der Waals surface area contributed by atoms with E-state index in [2.05, 4.69) is 10.5 Å². The van der Waals surface area contributed by atoms with E-state index in [0.29, 0.717) is 22.9 Å². The molecule has 2 aromatic rings. The van der Waals surface area contributed by atoms with Gasteiger partial charge in [-0.3, -0.25) is 4.79 Å². The Bertz CT molecular complexity index is 742. The molecular weight excluding hydrogens is 332 g/mol. The van der Waals surface area contributed by atoms with E-state index in [1.54, 1.807) is 25.1 Å². The molecule has 0 aliphatic carbocycles. The smallest absolute Gasteiger partial charge is 0.344 e. The van der Waals surface area contributed by atoms with Gasteiger partial charge in [-0.05, 0) is 38.0 Å². The Balaban J connectivity index is 1.91. The molecule has 1 N–H and O–H groups in total. The molecule has 128 valence electrons. The van der Waals surface area contributed by atoms with Gasteiger partial charge in [0.2, 0.25) is 0 Å². The van der Waals surface area contributed by atoms with Gasteiger partial charge in [0.15, 0.2) is 6.61 Å². The van der Waals surface area contributed by atoms with Crippen LogP contribution in [-0.2, 0) is 16.0 Å². The molecule has 1 aromatic heterocycles. The van der Waals surface area contributed by atoms with E-state index in [-0.39, 0.29) is 18.2 Å². The molecule has 0 fully saturated rings. The lowest BCUT2D eigenvalue weighted by atomic mass is 10.1. The summed E-state index contributed by atoms with van der Waals surface area (Å²) >= 11 is 5.93. The van der Waals surface area contributed by atoms with Crippen molar-refractivity contribution in [1.82, 2.24) is 10.5 Å². The number of benzene rings is 1. The van der Waals surface area contributed by atoms with E-state index in [1.807, 2.05) is 19.9 Å². The van der Waals surface area contributed by atoms with Gasteiger partial charge >= 0.3 is 5.97 Å². The second kappa shape index (κ2) is 7.97. The maximum absolute atomic E-state index is 12.1. The number of hydrogen-bond donors (Lipinski definition) is 1. The molecule has 1 heterocycles. The number of carbonyl (C=O) groups excluding carboxylic acids is 2. The van der Waals surface area contributed by atoms with Crippen LogP contribution in [0.15, 0.2) is 28.8 Å². The number of nitrogens with one attached hydrogen (secondary N) is 1. The van der Waals surface area contributed by atoms with Crippen LogP contribution >= 0.6 is 11.6 Å². The summed E-state index contributed by atoms with van der Waals surface area (Å²) in [5.41, 5.74) is 1.67. The minimum absolute atomic E-state index is 0.251. The number of carbonyl (C=O) groups is 2. The monoisotopic (exact) mass is 350 g/mol. The summed E-state index contributed by atoms with van der Waals surface area (Å²) in [5, 5.41) is 7.14. The lowest BCUT2D eigenvalue weighted by Crippen LogP contribution is -2.31. The number of aryl methyl sites for hydroxylation is 2. The Morgan fingerprint density at radius 2 is 2.17 bits per heavy atom. The third kappa shape index (κ3) is 4.35. The fourth-order valence-electron chi connectivity index (χ4n) is 2.27. The van der Waals surface area contributed by atoms with Gasteiger partial charge in [0.25, 0.3) is 5.91 Å². The molecule has 0 radical (unpaired) electrons. The molecular formula is C17H19ClN2O4. The first-order chi connectivity index (χ1) is 11.4. The predicted molar refractivity (Wildman–Crippen MR) is 88.9 cm³/mol. The lowest BCUT2D eigenvalue weighted by molar-refractivity contribution is -0.124. The number of aromatic nitrogens is 1. The second-order valence-electron chi connectivity index (χ2n) is 5.33. The first-order valence-electron chi connectivity index (χ1n) is 7.59. The zero-order chi connectivity index (χ0) is 17.7. The van der Waals surface area contributed by atoms with Gasteiger partial charge in [0, 0.05) is 5.02 Å². The summed E-state index contributed by atoms with van der Waals surface area (Å²) in [4.78, 5) is 24.1. The quantitative estimate of drug-likeness (QED) is 0.809. The molecule has 7 heteroatoms. The standard InChI is InChI=1S/C17H19ClN2O4/c1-4-14-16(11(3)24-20-14)17(22)23-9-15(21)19-10(2)12-6-5-7-13(18)8-12/h5-8,10H,4,9H2,1-3H3,(H,19,21)/t10-/m0/s1. The van der Waals surface area contributed by atoms with Crippen LogP contribution in [0.1, 0.15) is 47.3 Å². The molecule has 0 aliphatic heterocycles. The third-order valence-electron chi connectivity index (χ3n) is 3.53. The lowest BCUT2D eigenvalue weighted by Gasteiger charge is -2.14. The third-order valence-corrected chi connectivity index (χ3v) is 3.77. The molecule has 0 saturated heterocycles. The summed E-state index contributed by atoms with van der Waals surface area (Å²) < 4.78 is 10.0. The number of nitrogens with zero attached hydrogens (tertiary/aromatic N) is 1. The fraction of sp³-hybridized carbons (Fsp3) is 0.353. The molecule has 2 rings (SSSR count). The van der Waals surface area contributed by atoms with Crippen molar-refractivity contribution in [3.63, 3.8) is 0 Å². The van der Waals surface area contributed by atoms with Crippen molar-refractivity contribution in [2.24, 2.45) is 0 Å². The predicted octanol–water partition coefficient (Wildman–Crippen LogP) is 3.23. The molecule has 24 heavy (non-hydrogen) atoms. The number of esters is 1. The van der Waals surface area contributed by atoms with E-state index < -0.39 is 11.9 Å². The van der Waals surface area contributed by atoms with Crippen molar-refractivity contribution in [3.05, 3.63) is 51.9 Å². The number of ether oxygens (including phenoxy) is 1. The highest BCUT2D eigenvalue weighted by Crippen LogP contribution is 2.18. The highest BCUT2D eigenvalue weighted by Gasteiger charge is 2.21. The Kier molecular flexibility index (Phi) is 5.98. The van der Waals surface area contributed by atoms with Crippen LogP contribution in [0.25, 0.3) is 0 Å². The number of rotatable bonds is 6. The largest absolute Gasteiger partial charge is 0.452 e. The van der Waals surface area contributed by atoms with E-state index in [1.165, 1.54) is 0 Å². The highest BCUT2D eigenvalue weighted by atomic mass is 35.5. The molecule has 0 unspecified atom stereocenters. The Labute approximate surface area is 145 Å². The normalized spacial score (nSPS) is 11.8. The maximum Gasteiger partial charge on any atom is 0.344 e. The molecule has 6 nitrogen and oxygen atoms in total. The number of hydrogen-bond acceptors (Lipinski definition) is 5. The van der Waals surface area contributed by atoms with Crippen LogP contribution in [0.5, 0.6) is 0 Å². The summed E-state index contributed by atoms with van der Waals surface area (Å²) in [6.45, 7) is 4.93. The highest BCUT2D eigenvalue weighted by molar-refractivity contribution is 6.30. The second-order valence-corrected chi connectivity index (χ2v) is 5.77. The molecule has 1 atom stereocenters. The summed E-state index contributed by atoms with van der Waals surface area (Å²) in [5.74, 6) is -0.635. The number of amides is 1. The molecule has 1 aromatic carbocycles. The molecule has 0 aliphatic rings. The van der Waals surface area contributed by atoms with Gasteiger partial charge in [-0.25, -0.2) is 4.79 Å². The van der Waals surface area contributed by atoms with Crippen molar-refractivity contribution in [1.29, 1.82) is 0 Å². The topological polar surface area (TPSA) is 81.4 Å². The van der Waals surface area contributed by atoms with Crippen LogP contribution in [0, 0.1) is 6.92 Å². The van der Waals surface area contributed by atoms with Gasteiger partial charge in [0.05, 0.1) is 11.7 Å². The van der Waals surface area contributed by atoms with Crippen molar-refractivity contribution in [2.45, 2.75) is 33.2 Å². The van der Waals surface area contributed by atoms with Crippen LogP contribution in [0.4, 0.5) is 0 Å². The molecule has 0 bridgehead atoms. The molecule has 0 spiro atoms. The fourth-order valence-corrected chi connectivity index (χ4v) is 2.47. The summed E-state index contributed by atoms with van der Waals surface area (Å²) in [7, 11) is 0. The zero-order valence-corrected chi connectivity index (χ0v) is 14.5. The molecule has 0 saturated carbocycles. The van der Waals surface area contributed by atoms with Crippen LogP contribution in [-0.4, -0.2) is 23.6 Å². The van der Waals surface area contributed by atoms with Gasteiger partial charge in [-0.2, -0.15) is 0 Å². The van der Waals surface area contributed by atoms with Crippen molar-refractivity contribution >= 4 is 23.5 Å². The maximum atomic E-state index is 12.1. The van der Waals surface area contributed by atoms with Crippen LogP contribution < -0.4 is 5.32 Å². The Hall–Kier alpha value is -2.34. The zero-order valence-electron chi connectivity index (χ0n) is 13.8. The van der Waals surface area contributed by atoms with Crippen LogP contribution in [0.3, 0.4) is 0 Å². The Morgan fingerprint density at radius 1 is 1.42 bits per heavy atom. The van der Waals surface area contributed by atoms with E-state index in [9.17, 15) is 9.59 Å². The summed E-state index contributed by atoms with van der Waals surface area (Å²) in [6, 6.07) is 6.94. The average molecular weight is 351 g/mol. The van der Waals surface area contributed by atoms with Crippen LogP contribution in [0.2, 0.25) is 5.02 Å². The van der Waals surface area contributed by atoms with E-state index >= 15 is 0 Å². The van der Waals surface area contributed by atoms with Crippen molar-refractivity contribution < 1.29 is 18.8 Å². The average Bonchev–Trinajstić information content (AvgIpc) is 2.93. The van der Waals surface area contributed by atoms with Crippen molar-refractivity contribution in [3.8, 4) is 0 Å². The molecule has 1 amide bonds.